The standard InChI is InChI=1S/C13H15FN4/c14-11-6-5-9(7-12(11)15)13-17-16-8-18(13)10-3-1-2-4-10/h5-8,10H,1-4,15H2. The maximum atomic E-state index is 13.2. The smallest absolute Gasteiger partial charge is 0.164 e. The summed E-state index contributed by atoms with van der Waals surface area (Å²) < 4.78 is 15.3. The second kappa shape index (κ2) is 4.40. The second-order valence-corrected chi connectivity index (χ2v) is 4.74. The van der Waals surface area contributed by atoms with E-state index in [4.69, 9.17) is 5.73 Å². The predicted octanol–water partition coefficient (Wildman–Crippen LogP) is 2.78. The van der Waals surface area contributed by atoms with E-state index >= 15 is 0 Å². The summed E-state index contributed by atoms with van der Waals surface area (Å²) >= 11 is 0. The molecule has 2 N–H and O–H groups in total. The predicted molar refractivity (Wildman–Crippen MR) is 67.3 cm³/mol. The number of hydrogen-bond acceptors (Lipinski definition) is 3. The topological polar surface area (TPSA) is 56.7 Å². The lowest BCUT2D eigenvalue weighted by Gasteiger charge is -2.13. The van der Waals surface area contributed by atoms with E-state index in [1.807, 2.05) is 0 Å². The summed E-state index contributed by atoms with van der Waals surface area (Å²) in [4.78, 5) is 0. The van der Waals surface area contributed by atoms with Gasteiger partial charge in [-0.05, 0) is 31.0 Å². The molecule has 1 aliphatic rings. The zero-order chi connectivity index (χ0) is 12.5. The summed E-state index contributed by atoms with van der Waals surface area (Å²) in [5, 5.41) is 8.11. The van der Waals surface area contributed by atoms with Gasteiger partial charge < -0.3 is 10.3 Å². The van der Waals surface area contributed by atoms with Crippen molar-refractivity contribution < 1.29 is 4.39 Å². The highest BCUT2D eigenvalue weighted by molar-refractivity contribution is 5.61. The molecule has 5 heteroatoms. The average molecular weight is 246 g/mol. The molecule has 1 aliphatic carbocycles. The van der Waals surface area contributed by atoms with Crippen LogP contribution in [0.5, 0.6) is 0 Å². The third-order valence-corrected chi connectivity index (χ3v) is 3.55. The first-order valence-electron chi connectivity index (χ1n) is 6.20. The summed E-state index contributed by atoms with van der Waals surface area (Å²) in [7, 11) is 0. The molecule has 1 saturated carbocycles. The van der Waals surface area contributed by atoms with Gasteiger partial charge in [-0.15, -0.1) is 10.2 Å². The van der Waals surface area contributed by atoms with Gasteiger partial charge >= 0.3 is 0 Å². The van der Waals surface area contributed by atoms with Crippen molar-refractivity contribution in [1.29, 1.82) is 0 Å². The number of halogens is 1. The van der Waals surface area contributed by atoms with Crippen LogP contribution >= 0.6 is 0 Å². The Labute approximate surface area is 105 Å². The molecule has 1 aromatic heterocycles. The van der Waals surface area contributed by atoms with Gasteiger partial charge in [-0.25, -0.2) is 4.39 Å². The van der Waals surface area contributed by atoms with Gasteiger partial charge in [-0.3, -0.25) is 0 Å². The van der Waals surface area contributed by atoms with Crippen molar-refractivity contribution in [3.8, 4) is 11.4 Å². The summed E-state index contributed by atoms with van der Waals surface area (Å²) in [6.45, 7) is 0. The van der Waals surface area contributed by atoms with Crippen molar-refractivity contribution in [2.24, 2.45) is 0 Å². The average Bonchev–Trinajstić information content (AvgIpc) is 3.00. The normalized spacial score (nSPS) is 16.3. The molecule has 1 aromatic carbocycles. The highest BCUT2D eigenvalue weighted by Gasteiger charge is 2.20. The summed E-state index contributed by atoms with van der Waals surface area (Å²) in [5.41, 5.74) is 6.56. The number of benzene rings is 1. The molecule has 0 amide bonds. The first-order valence-corrected chi connectivity index (χ1v) is 6.20. The number of nitrogen functional groups attached to an aromatic ring is 1. The van der Waals surface area contributed by atoms with E-state index in [0.717, 1.165) is 24.2 Å². The van der Waals surface area contributed by atoms with Crippen molar-refractivity contribution >= 4 is 5.69 Å². The van der Waals surface area contributed by atoms with Crippen molar-refractivity contribution in [3.63, 3.8) is 0 Å². The minimum atomic E-state index is -0.398. The number of rotatable bonds is 2. The SMILES string of the molecule is Nc1cc(-c2nncn2C2CCCC2)ccc1F. The Morgan fingerprint density at radius 2 is 2.06 bits per heavy atom. The van der Waals surface area contributed by atoms with Crippen LogP contribution in [0.15, 0.2) is 24.5 Å². The Morgan fingerprint density at radius 3 is 2.78 bits per heavy atom. The molecule has 0 radical (unpaired) electrons. The van der Waals surface area contributed by atoms with Crippen LogP contribution in [0.1, 0.15) is 31.7 Å². The van der Waals surface area contributed by atoms with E-state index in [0.29, 0.717) is 6.04 Å². The van der Waals surface area contributed by atoms with Gasteiger partial charge in [0.1, 0.15) is 12.1 Å². The Hall–Kier alpha value is -1.91. The molecule has 1 heterocycles. The van der Waals surface area contributed by atoms with Gasteiger partial charge in [0.05, 0.1) is 5.69 Å². The zero-order valence-corrected chi connectivity index (χ0v) is 10.0. The fourth-order valence-electron chi connectivity index (χ4n) is 2.58. The molecule has 4 nitrogen and oxygen atoms in total. The van der Waals surface area contributed by atoms with Crippen LogP contribution < -0.4 is 5.73 Å². The molecule has 1 fully saturated rings. The quantitative estimate of drug-likeness (QED) is 0.829. The van der Waals surface area contributed by atoms with E-state index in [1.54, 1.807) is 18.5 Å². The first kappa shape index (κ1) is 11.2. The molecule has 18 heavy (non-hydrogen) atoms. The van der Waals surface area contributed by atoms with Gasteiger partial charge in [-0.2, -0.15) is 0 Å². The van der Waals surface area contributed by atoms with E-state index < -0.39 is 5.82 Å². The number of nitrogens with zero attached hydrogens (tertiary/aromatic N) is 3. The van der Waals surface area contributed by atoms with Crippen LogP contribution in [0, 0.1) is 5.82 Å². The molecule has 0 spiro atoms. The van der Waals surface area contributed by atoms with Gasteiger partial charge in [0, 0.05) is 11.6 Å². The van der Waals surface area contributed by atoms with Crippen molar-refractivity contribution in [2.45, 2.75) is 31.7 Å². The van der Waals surface area contributed by atoms with E-state index in [9.17, 15) is 4.39 Å². The molecule has 0 unspecified atom stereocenters. The number of aromatic nitrogens is 3. The lowest BCUT2D eigenvalue weighted by atomic mass is 10.1. The highest BCUT2D eigenvalue weighted by Crippen LogP contribution is 2.33. The molecule has 94 valence electrons. The number of nitrogens with two attached hydrogens (primary N) is 1. The lowest BCUT2D eigenvalue weighted by Crippen LogP contribution is -2.05. The minimum Gasteiger partial charge on any atom is -0.396 e. The van der Waals surface area contributed by atoms with E-state index in [2.05, 4.69) is 14.8 Å². The van der Waals surface area contributed by atoms with Crippen molar-refractivity contribution in [1.82, 2.24) is 14.8 Å². The van der Waals surface area contributed by atoms with Crippen LogP contribution in [0.25, 0.3) is 11.4 Å². The second-order valence-electron chi connectivity index (χ2n) is 4.74. The van der Waals surface area contributed by atoms with Crippen molar-refractivity contribution in [3.05, 3.63) is 30.3 Å². The Kier molecular flexibility index (Phi) is 2.74. The Bertz CT molecular complexity index is 558. The number of anilines is 1. The first-order chi connectivity index (χ1) is 8.75. The molecule has 0 bridgehead atoms. The lowest BCUT2D eigenvalue weighted by molar-refractivity contribution is 0.522. The van der Waals surface area contributed by atoms with Gasteiger partial charge in [-0.1, -0.05) is 12.8 Å². The molecule has 2 aromatic rings. The maximum absolute atomic E-state index is 13.2. The van der Waals surface area contributed by atoms with Crippen LogP contribution in [-0.2, 0) is 0 Å². The molecule has 0 saturated heterocycles. The number of hydrogen-bond donors (Lipinski definition) is 1. The van der Waals surface area contributed by atoms with Crippen LogP contribution in [0.4, 0.5) is 10.1 Å². The third kappa shape index (κ3) is 1.85. The fraction of sp³-hybridized carbons (Fsp3) is 0.385. The van der Waals surface area contributed by atoms with Crippen LogP contribution in [-0.4, -0.2) is 14.8 Å². The Balaban J connectivity index is 2.00. The molecular formula is C13H15FN4. The highest BCUT2D eigenvalue weighted by atomic mass is 19.1. The maximum Gasteiger partial charge on any atom is 0.164 e. The summed E-state index contributed by atoms with van der Waals surface area (Å²) in [6, 6.07) is 5.14. The zero-order valence-electron chi connectivity index (χ0n) is 10.0. The minimum absolute atomic E-state index is 0.147. The molecular weight excluding hydrogens is 231 g/mol. The van der Waals surface area contributed by atoms with E-state index in [-0.39, 0.29) is 5.69 Å². The van der Waals surface area contributed by atoms with Gasteiger partial charge in [0.25, 0.3) is 0 Å². The summed E-state index contributed by atoms with van der Waals surface area (Å²) in [5.74, 6) is 0.374. The van der Waals surface area contributed by atoms with Gasteiger partial charge in [0.2, 0.25) is 0 Å². The summed E-state index contributed by atoms with van der Waals surface area (Å²) in [6.07, 6.45) is 6.55. The molecule has 0 aliphatic heterocycles. The molecule has 3 rings (SSSR count). The van der Waals surface area contributed by atoms with Gasteiger partial charge in [0.15, 0.2) is 5.82 Å². The Morgan fingerprint density at radius 1 is 1.28 bits per heavy atom. The molecule has 0 atom stereocenters. The van der Waals surface area contributed by atoms with Crippen LogP contribution in [0.2, 0.25) is 0 Å². The van der Waals surface area contributed by atoms with Crippen molar-refractivity contribution in [2.75, 3.05) is 5.73 Å². The monoisotopic (exact) mass is 246 g/mol. The van der Waals surface area contributed by atoms with E-state index in [1.165, 1.54) is 18.9 Å². The van der Waals surface area contributed by atoms with Crippen LogP contribution in [0.3, 0.4) is 0 Å². The largest absolute Gasteiger partial charge is 0.396 e. The third-order valence-electron chi connectivity index (χ3n) is 3.55. The fourth-order valence-corrected chi connectivity index (χ4v) is 2.58.